The highest BCUT2D eigenvalue weighted by molar-refractivity contribution is 8.13. The molecule has 1 aliphatic heterocycles. The summed E-state index contributed by atoms with van der Waals surface area (Å²) in [5, 5.41) is 13.6. The van der Waals surface area contributed by atoms with Gasteiger partial charge in [-0.1, -0.05) is 11.8 Å². The predicted molar refractivity (Wildman–Crippen MR) is 91.4 cm³/mol. The minimum Gasteiger partial charge on any atom is -0.479 e. The van der Waals surface area contributed by atoms with Gasteiger partial charge in [-0.2, -0.15) is 0 Å². The first kappa shape index (κ1) is 20.7. The van der Waals surface area contributed by atoms with Crippen molar-refractivity contribution in [3.05, 3.63) is 0 Å². The van der Waals surface area contributed by atoms with Crippen molar-refractivity contribution in [3.8, 4) is 0 Å². The van der Waals surface area contributed by atoms with Crippen molar-refractivity contribution < 1.29 is 28.9 Å². The highest BCUT2D eigenvalue weighted by Crippen LogP contribution is 2.23. The van der Waals surface area contributed by atoms with E-state index in [-0.39, 0.29) is 26.2 Å². The highest BCUT2D eigenvalue weighted by Gasteiger charge is 2.48. The van der Waals surface area contributed by atoms with Crippen LogP contribution in [0.5, 0.6) is 0 Å². The lowest BCUT2D eigenvalue weighted by Gasteiger charge is -2.27. The molecule has 9 heteroatoms. The number of nitrogens with one attached hydrogen (secondary N) is 1. The zero-order valence-corrected chi connectivity index (χ0v) is 15.0. The predicted octanol–water partition coefficient (Wildman–Crippen LogP) is 0.899. The summed E-state index contributed by atoms with van der Waals surface area (Å²) in [5.41, 5.74) is -1.99. The normalized spacial score (nSPS) is 16.2. The lowest BCUT2D eigenvalue weighted by atomic mass is 9.98. The van der Waals surface area contributed by atoms with Crippen molar-refractivity contribution in [1.82, 2.24) is 5.32 Å². The van der Waals surface area contributed by atoms with Crippen LogP contribution in [-0.2, 0) is 23.8 Å². The number of carboxylic acids is 1. The highest BCUT2D eigenvalue weighted by atomic mass is 32.2. The van der Waals surface area contributed by atoms with Crippen LogP contribution in [0.2, 0.25) is 0 Å². The molecule has 0 saturated heterocycles. The molecule has 8 nitrogen and oxygen atoms in total. The Morgan fingerprint density at radius 1 is 1.33 bits per heavy atom. The summed E-state index contributed by atoms with van der Waals surface area (Å²) >= 11 is 1.51. The topological polar surface area (TPSA) is 106 Å². The number of aliphatic imine (C=N–C) groups is 1. The van der Waals surface area contributed by atoms with Gasteiger partial charge in [-0.25, -0.2) is 9.59 Å². The van der Waals surface area contributed by atoms with E-state index in [4.69, 9.17) is 14.2 Å². The number of thioether (sulfide) groups is 1. The smallest absolute Gasteiger partial charge is 0.350 e. The van der Waals surface area contributed by atoms with Crippen LogP contribution < -0.4 is 5.32 Å². The average Bonchev–Trinajstić information content (AvgIpc) is 3.06. The number of carbonyl (C=O) groups is 2. The molecule has 1 aliphatic rings. The average molecular weight is 362 g/mol. The molecule has 0 radical (unpaired) electrons. The fourth-order valence-corrected chi connectivity index (χ4v) is 2.99. The molecule has 0 spiro atoms. The summed E-state index contributed by atoms with van der Waals surface area (Å²) < 4.78 is 15.5. The largest absolute Gasteiger partial charge is 0.479 e. The summed E-state index contributed by atoms with van der Waals surface area (Å²) in [5.74, 6) is -1.57. The van der Waals surface area contributed by atoms with Crippen LogP contribution in [0.25, 0.3) is 0 Å². The molecule has 1 heterocycles. The number of ether oxygens (including phenoxy) is 3. The number of aliphatic carboxylic acids is 1. The van der Waals surface area contributed by atoms with Gasteiger partial charge < -0.3 is 24.6 Å². The van der Waals surface area contributed by atoms with Gasteiger partial charge in [0.25, 0.3) is 5.60 Å². The molecule has 0 fully saturated rings. The van der Waals surface area contributed by atoms with Crippen LogP contribution in [0.1, 0.15) is 26.7 Å². The van der Waals surface area contributed by atoms with E-state index in [1.54, 1.807) is 6.92 Å². The van der Waals surface area contributed by atoms with Crippen molar-refractivity contribution >= 4 is 28.9 Å². The molecular weight excluding hydrogens is 336 g/mol. The third kappa shape index (κ3) is 6.29. The molecule has 0 saturated carbocycles. The number of amidine groups is 1. The van der Waals surface area contributed by atoms with Crippen LogP contribution in [0, 0.1) is 0 Å². The fraction of sp³-hybridized carbons (Fsp3) is 0.800. The van der Waals surface area contributed by atoms with Gasteiger partial charge in [-0.05, 0) is 26.7 Å². The third-order valence-electron chi connectivity index (χ3n) is 3.29. The third-order valence-corrected chi connectivity index (χ3v) is 4.33. The first-order valence-electron chi connectivity index (χ1n) is 8.10. The second kappa shape index (κ2) is 11.3. The Balaban J connectivity index is 2.61. The molecular formula is C15H26N2O6S. The molecule has 2 N–H and O–H groups in total. The molecule has 1 unspecified atom stereocenters. The molecule has 0 aromatic heterocycles. The minimum atomic E-state index is -1.99. The van der Waals surface area contributed by atoms with E-state index in [0.29, 0.717) is 18.8 Å². The molecule has 138 valence electrons. The summed E-state index contributed by atoms with van der Waals surface area (Å²) in [6.07, 6.45) is 0.513. The molecule has 0 aromatic rings. The van der Waals surface area contributed by atoms with Crippen LogP contribution in [0.3, 0.4) is 0 Å². The summed E-state index contributed by atoms with van der Waals surface area (Å²) in [7, 11) is 0. The summed E-state index contributed by atoms with van der Waals surface area (Å²) in [6.45, 7) is 5.86. The maximum absolute atomic E-state index is 12.2. The minimum absolute atomic E-state index is 0.0142. The van der Waals surface area contributed by atoms with Crippen molar-refractivity contribution in [2.75, 3.05) is 45.3 Å². The van der Waals surface area contributed by atoms with Crippen molar-refractivity contribution in [1.29, 1.82) is 0 Å². The second-order valence-electron chi connectivity index (χ2n) is 4.96. The SMILES string of the molecule is CCOCCOC(CCCSC1=NCCN1)(C(=O)O)C(=O)OCC. The van der Waals surface area contributed by atoms with Gasteiger partial charge in [0.15, 0.2) is 5.17 Å². The Bertz CT molecular complexity index is 446. The van der Waals surface area contributed by atoms with Gasteiger partial charge in [0.05, 0.1) is 26.4 Å². The van der Waals surface area contributed by atoms with E-state index in [0.717, 1.165) is 18.3 Å². The van der Waals surface area contributed by atoms with E-state index in [1.165, 1.54) is 11.8 Å². The van der Waals surface area contributed by atoms with Crippen LogP contribution in [-0.4, -0.2) is 73.1 Å². The lowest BCUT2D eigenvalue weighted by molar-refractivity contribution is -0.190. The number of rotatable bonds is 12. The van der Waals surface area contributed by atoms with Crippen LogP contribution in [0.4, 0.5) is 0 Å². The fourth-order valence-electron chi connectivity index (χ4n) is 2.12. The second-order valence-corrected chi connectivity index (χ2v) is 6.05. The van der Waals surface area contributed by atoms with Gasteiger partial charge >= 0.3 is 11.9 Å². The van der Waals surface area contributed by atoms with E-state index >= 15 is 0 Å². The Kier molecular flexibility index (Phi) is 9.73. The van der Waals surface area contributed by atoms with E-state index in [2.05, 4.69) is 10.3 Å². The lowest BCUT2D eigenvalue weighted by Crippen LogP contribution is -2.51. The van der Waals surface area contributed by atoms with Crippen molar-refractivity contribution in [2.45, 2.75) is 32.3 Å². The number of esters is 1. The Morgan fingerprint density at radius 2 is 2.12 bits per heavy atom. The number of nitrogens with zero attached hydrogens (tertiary/aromatic N) is 1. The van der Waals surface area contributed by atoms with Gasteiger partial charge in [-0.3, -0.25) is 4.99 Å². The van der Waals surface area contributed by atoms with Crippen molar-refractivity contribution in [3.63, 3.8) is 0 Å². The monoisotopic (exact) mass is 362 g/mol. The number of carboxylic acid groups (broad SMARTS) is 1. The first-order valence-corrected chi connectivity index (χ1v) is 9.08. The van der Waals surface area contributed by atoms with Gasteiger partial charge in [-0.15, -0.1) is 0 Å². The number of hydrogen-bond donors (Lipinski definition) is 2. The molecule has 0 aromatic carbocycles. The van der Waals surface area contributed by atoms with Crippen LogP contribution in [0.15, 0.2) is 4.99 Å². The zero-order valence-electron chi connectivity index (χ0n) is 14.2. The Hall–Kier alpha value is -1.32. The molecule has 1 atom stereocenters. The van der Waals surface area contributed by atoms with Crippen molar-refractivity contribution in [2.24, 2.45) is 4.99 Å². The summed E-state index contributed by atoms with van der Waals surface area (Å²) in [4.78, 5) is 28.2. The molecule has 1 rings (SSSR count). The zero-order chi connectivity index (χ0) is 17.8. The Morgan fingerprint density at radius 3 is 2.71 bits per heavy atom. The first-order chi connectivity index (χ1) is 11.6. The molecule has 0 amide bonds. The summed E-state index contributed by atoms with van der Waals surface area (Å²) in [6, 6.07) is 0. The molecule has 0 aliphatic carbocycles. The van der Waals surface area contributed by atoms with E-state index in [9.17, 15) is 14.7 Å². The van der Waals surface area contributed by atoms with Gasteiger partial charge in [0.1, 0.15) is 0 Å². The Labute approximate surface area is 146 Å². The van der Waals surface area contributed by atoms with Crippen LogP contribution >= 0.6 is 11.8 Å². The number of hydrogen-bond acceptors (Lipinski definition) is 8. The molecule has 24 heavy (non-hydrogen) atoms. The maximum Gasteiger partial charge on any atom is 0.350 e. The van der Waals surface area contributed by atoms with Gasteiger partial charge in [0.2, 0.25) is 0 Å². The molecule has 0 bridgehead atoms. The quantitative estimate of drug-likeness (QED) is 0.300. The van der Waals surface area contributed by atoms with Gasteiger partial charge in [0, 0.05) is 18.9 Å². The standard InChI is InChI=1S/C15H26N2O6S/c1-3-21-9-10-23-15(12(18)19,13(20)22-4-2)6-5-11-24-14-16-7-8-17-14/h3-11H2,1-2H3,(H,16,17)(H,18,19). The van der Waals surface area contributed by atoms with E-state index < -0.39 is 17.5 Å². The van der Waals surface area contributed by atoms with E-state index in [1.807, 2.05) is 6.92 Å². The maximum atomic E-state index is 12.2. The number of carbonyl (C=O) groups excluding carboxylic acids is 1.